The summed E-state index contributed by atoms with van der Waals surface area (Å²) in [5, 5.41) is 0. The topological polar surface area (TPSA) is 57.5 Å². The molecule has 0 aromatic heterocycles. The van der Waals surface area contributed by atoms with Crippen LogP contribution in [0.2, 0.25) is 0 Å². The van der Waals surface area contributed by atoms with Gasteiger partial charge >= 0.3 is 29.6 Å². The van der Waals surface area contributed by atoms with E-state index in [0.717, 1.165) is 0 Å². The van der Waals surface area contributed by atoms with Crippen molar-refractivity contribution in [1.29, 1.82) is 0 Å². The summed E-state index contributed by atoms with van der Waals surface area (Å²) >= 11 is 3.47. The molecule has 2 N–H and O–H groups in total. The second-order valence-electron chi connectivity index (χ2n) is 0.448. The Bertz CT molecular complexity index is 93.3. The molecule has 0 rings (SSSR count). The van der Waals surface area contributed by atoms with Gasteiger partial charge in [0.25, 0.3) is 9.05 Å². The Morgan fingerprint density at radius 2 is 1.43 bits per heavy atom. The normalized spacial score (nSPS) is 8.29. The van der Waals surface area contributed by atoms with Gasteiger partial charge in [0, 0.05) is 11.2 Å². The van der Waals surface area contributed by atoms with Crippen molar-refractivity contribution in [3.8, 4) is 0 Å². The Kier molecular flexibility index (Phi) is 13.1. The second-order valence-corrected chi connectivity index (χ2v) is 2.65. The van der Waals surface area contributed by atoms with Gasteiger partial charge in [-0.15, -0.1) is 0 Å². The fourth-order valence-electron chi connectivity index (χ4n) is 0. The molecule has 0 aromatic rings. The van der Waals surface area contributed by atoms with Crippen LogP contribution in [0.5, 0.6) is 0 Å². The maximum absolute atomic E-state index is 9.11. The third kappa shape index (κ3) is 90.4. The van der Waals surface area contributed by atoms with Gasteiger partial charge in [-0.1, -0.05) is 0 Å². The second kappa shape index (κ2) is 5.77. The first kappa shape index (κ1) is 15.9. The minimum atomic E-state index is -3.83. The van der Waals surface area contributed by atoms with Crippen LogP contribution in [-0.4, -0.2) is 42.9 Å². The molecule has 0 heterocycles. The molecule has 0 saturated heterocycles. The average Bonchev–Trinajstić information content (AvgIpc) is 0.722. The zero-order valence-corrected chi connectivity index (χ0v) is 5.25. The van der Waals surface area contributed by atoms with E-state index in [1.54, 1.807) is 0 Å². The summed E-state index contributed by atoms with van der Waals surface area (Å²) in [6.07, 6.45) is 0. The van der Waals surface area contributed by atoms with Crippen molar-refractivity contribution in [1.82, 2.24) is 0 Å². The van der Waals surface area contributed by atoms with Gasteiger partial charge in [-0.05, 0) is 0 Å². The van der Waals surface area contributed by atoms with Gasteiger partial charge < -0.3 is 0 Å². The van der Waals surface area contributed by atoms with Crippen molar-refractivity contribution < 1.29 is 13.3 Å². The SMILES string of the molecule is O=S(O)(O)=S.S.[NaH]. The van der Waals surface area contributed by atoms with Gasteiger partial charge in [-0.2, -0.15) is 17.7 Å². The van der Waals surface area contributed by atoms with E-state index in [9.17, 15) is 0 Å². The Balaban J connectivity index is -0.0000000800. The van der Waals surface area contributed by atoms with Gasteiger partial charge in [0.15, 0.2) is 0 Å². The van der Waals surface area contributed by atoms with Crippen LogP contribution in [0.15, 0.2) is 0 Å². The Morgan fingerprint density at radius 3 is 1.43 bits per heavy atom. The van der Waals surface area contributed by atoms with Crippen LogP contribution >= 0.6 is 13.5 Å². The third-order valence-corrected chi connectivity index (χ3v) is 0. The van der Waals surface area contributed by atoms with Gasteiger partial charge in [0.2, 0.25) is 0 Å². The molecule has 0 fully saturated rings. The molecular weight excluding hydrogens is 167 g/mol. The van der Waals surface area contributed by atoms with Crippen molar-refractivity contribution >= 4 is 63.3 Å². The maximum atomic E-state index is 9.11. The minimum absolute atomic E-state index is 0. The predicted molar refractivity (Wildman–Crippen MR) is 38.3 cm³/mol. The van der Waals surface area contributed by atoms with Crippen LogP contribution < -0.4 is 0 Å². The van der Waals surface area contributed by atoms with E-state index in [0.29, 0.717) is 0 Å². The molecule has 0 spiro atoms. The molecule has 0 unspecified atom stereocenters. The van der Waals surface area contributed by atoms with E-state index in [4.69, 9.17) is 13.3 Å². The van der Waals surface area contributed by atoms with Crippen LogP contribution in [0.4, 0.5) is 0 Å². The Labute approximate surface area is 75.9 Å². The van der Waals surface area contributed by atoms with Gasteiger partial charge in [0.1, 0.15) is 0 Å². The summed E-state index contributed by atoms with van der Waals surface area (Å²) in [5.74, 6) is 0. The van der Waals surface area contributed by atoms with Crippen LogP contribution in [-0.2, 0) is 20.2 Å². The van der Waals surface area contributed by atoms with E-state index in [2.05, 4.69) is 11.2 Å². The van der Waals surface area contributed by atoms with Crippen molar-refractivity contribution in [2.45, 2.75) is 0 Å². The van der Waals surface area contributed by atoms with Gasteiger partial charge in [0.05, 0.1) is 0 Å². The van der Waals surface area contributed by atoms with Crippen LogP contribution in [0.3, 0.4) is 0 Å². The van der Waals surface area contributed by atoms with E-state index in [-0.39, 0.29) is 43.1 Å². The zero-order valence-electron chi connectivity index (χ0n) is 2.62. The number of hydrogen-bond donors (Lipinski definition) is 2. The summed E-state index contributed by atoms with van der Waals surface area (Å²) < 4.78 is 24.0. The van der Waals surface area contributed by atoms with Crippen molar-refractivity contribution in [3.05, 3.63) is 0 Å². The molecule has 0 atom stereocenters. The molecule has 0 aliphatic rings. The molecule has 0 aliphatic carbocycles. The predicted octanol–water partition coefficient (Wildman–Crippen LogP) is -0.857. The third-order valence-electron chi connectivity index (χ3n) is 0. The molecule has 0 aromatic carbocycles. The van der Waals surface area contributed by atoms with E-state index in [1.807, 2.05) is 0 Å². The van der Waals surface area contributed by atoms with E-state index < -0.39 is 9.05 Å². The molecule has 0 saturated carbocycles. The van der Waals surface area contributed by atoms with Crippen molar-refractivity contribution in [2.75, 3.05) is 0 Å². The quantitative estimate of drug-likeness (QED) is 0.467. The number of rotatable bonds is 0. The van der Waals surface area contributed by atoms with Crippen molar-refractivity contribution in [3.63, 3.8) is 0 Å². The van der Waals surface area contributed by atoms with E-state index >= 15 is 0 Å². The van der Waals surface area contributed by atoms with Crippen LogP contribution in [0.1, 0.15) is 0 Å². The molecule has 0 aliphatic heterocycles. The van der Waals surface area contributed by atoms with Gasteiger partial charge in [-0.25, -0.2) is 0 Å². The summed E-state index contributed by atoms with van der Waals surface area (Å²) in [4.78, 5) is 0. The molecule has 0 bridgehead atoms. The first-order valence-corrected chi connectivity index (χ1v) is 3.10. The Morgan fingerprint density at radius 1 is 1.43 bits per heavy atom. The van der Waals surface area contributed by atoms with Crippen LogP contribution in [0, 0.1) is 0 Å². The molecule has 7 heavy (non-hydrogen) atoms. The van der Waals surface area contributed by atoms with Crippen LogP contribution in [0.25, 0.3) is 0 Å². The molecule has 7 heteroatoms. The first-order valence-electron chi connectivity index (χ1n) is 0.698. The fourth-order valence-corrected chi connectivity index (χ4v) is 0. The molecule has 42 valence electrons. The zero-order chi connectivity index (χ0) is 4.50. The average molecular weight is 172 g/mol. The molecule has 0 amide bonds. The van der Waals surface area contributed by atoms with Gasteiger partial charge in [-0.3, -0.25) is 9.11 Å². The fraction of sp³-hybridized carbons (Fsp3) is 0. The number of hydrogen-bond acceptors (Lipinski definition) is 2. The summed E-state index contributed by atoms with van der Waals surface area (Å²) in [6, 6.07) is 0. The molecule has 0 radical (unpaired) electrons. The molecule has 3 nitrogen and oxygen atoms in total. The standard InChI is InChI=1S/Na.H2O3S2.H2S.H/c;1-5(2,3)4;;/h;(H2,1,2,3,4);1H2;. The summed E-state index contributed by atoms with van der Waals surface area (Å²) in [7, 11) is -3.83. The monoisotopic (exact) mass is 172 g/mol. The summed E-state index contributed by atoms with van der Waals surface area (Å²) in [6.45, 7) is 0. The molecular formula is H5NaO3S3. The first-order chi connectivity index (χ1) is 2.00. The summed E-state index contributed by atoms with van der Waals surface area (Å²) in [5.41, 5.74) is 0. The van der Waals surface area contributed by atoms with E-state index in [1.165, 1.54) is 0 Å². The van der Waals surface area contributed by atoms with Crippen molar-refractivity contribution in [2.24, 2.45) is 0 Å². The Hall–Kier alpha value is 1.64.